The van der Waals surface area contributed by atoms with Gasteiger partial charge in [0.2, 0.25) is 0 Å². The number of benzene rings is 3. The third-order valence-electron chi connectivity index (χ3n) is 10.4. The maximum Gasteiger partial charge on any atom is 0.410 e. The Morgan fingerprint density at radius 3 is 1.86 bits per heavy atom. The van der Waals surface area contributed by atoms with Gasteiger partial charge in [0.15, 0.2) is 8.32 Å². The minimum absolute atomic E-state index is 0.0668. The zero-order valence-electron chi connectivity index (χ0n) is 31.4. The second-order valence-corrected chi connectivity index (χ2v) is 21.2. The second-order valence-electron chi connectivity index (χ2n) is 16.4. The molecule has 3 aliphatic rings. The highest BCUT2D eigenvalue weighted by molar-refractivity contribution is 6.74. The van der Waals surface area contributed by atoms with Crippen LogP contribution in [0.3, 0.4) is 0 Å². The number of carbonyl (C=O) groups is 1. The van der Waals surface area contributed by atoms with Gasteiger partial charge in [-0.25, -0.2) is 14.8 Å². The van der Waals surface area contributed by atoms with Crippen LogP contribution in [0.4, 0.5) is 10.6 Å². The molecule has 3 aromatic carbocycles. The van der Waals surface area contributed by atoms with E-state index >= 15 is 0 Å². The van der Waals surface area contributed by atoms with Crippen molar-refractivity contribution in [3.05, 3.63) is 126 Å². The van der Waals surface area contributed by atoms with E-state index < -0.39 is 19.5 Å². The van der Waals surface area contributed by atoms with Gasteiger partial charge in [0, 0.05) is 37.9 Å². The topological polar surface area (TPSA) is 81.5 Å². The predicted octanol–water partition coefficient (Wildman–Crippen LogP) is 9.28. The number of aromatic nitrogens is 3. The first-order valence-corrected chi connectivity index (χ1v) is 21.0. The van der Waals surface area contributed by atoms with Crippen molar-refractivity contribution in [2.75, 3.05) is 25.0 Å². The normalized spacial score (nSPS) is 17.4. The molecule has 1 N–H and O–H groups in total. The van der Waals surface area contributed by atoms with Crippen LogP contribution in [0.25, 0.3) is 11.4 Å². The summed E-state index contributed by atoms with van der Waals surface area (Å²) in [6.45, 7) is 18.7. The molecule has 0 saturated carbocycles. The average molecular weight is 704 g/mol. The van der Waals surface area contributed by atoms with Crippen molar-refractivity contribution in [2.45, 2.75) is 83.3 Å². The molecule has 0 aliphatic carbocycles. The van der Waals surface area contributed by atoms with Crippen LogP contribution >= 0.6 is 0 Å². The van der Waals surface area contributed by atoms with E-state index in [9.17, 15) is 4.79 Å². The Balaban J connectivity index is 1.39. The molecule has 3 aliphatic heterocycles. The fourth-order valence-corrected chi connectivity index (χ4v) is 7.98. The van der Waals surface area contributed by atoms with E-state index in [2.05, 4.69) is 117 Å². The van der Waals surface area contributed by atoms with Crippen molar-refractivity contribution in [1.29, 1.82) is 0 Å². The number of rotatable bonds is 9. The zero-order chi connectivity index (χ0) is 36.4. The summed E-state index contributed by atoms with van der Waals surface area (Å²) in [6.07, 6.45) is 4.30. The van der Waals surface area contributed by atoms with Crippen molar-refractivity contribution in [2.24, 2.45) is 5.92 Å². The minimum Gasteiger partial charge on any atom is -0.444 e. The third-order valence-corrected chi connectivity index (χ3v) is 14.9. The molecule has 0 spiro atoms. The molecular weight excluding hydrogens is 651 g/mol. The van der Waals surface area contributed by atoms with Gasteiger partial charge in [-0.05, 0) is 68.1 Å². The lowest BCUT2D eigenvalue weighted by atomic mass is 9.76. The van der Waals surface area contributed by atoms with Gasteiger partial charge in [-0.1, -0.05) is 112 Å². The highest BCUT2D eigenvalue weighted by Crippen LogP contribution is 2.44. The summed E-state index contributed by atoms with van der Waals surface area (Å²) in [5.74, 6) is 1.69. The molecule has 0 unspecified atom stereocenters. The maximum atomic E-state index is 13.5. The van der Waals surface area contributed by atoms with Gasteiger partial charge in [0.1, 0.15) is 22.8 Å². The molecule has 6 rings (SSSR count). The molecule has 3 aromatic rings. The van der Waals surface area contributed by atoms with Gasteiger partial charge < -0.3 is 19.4 Å². The number of carbonyl (C=O) groups excluding carboxylic acids is 1. The van der Waals surface area contributed by atoms with Gasteiger partial charge in [0.25, 0.3) is 0 Å². The summed E-state index contributed by atoms with van der Waals surface area (Å²) in [7, 11) is -1.99. The van der Waals surface area contributed by atoms with Crippen LogP contribution in [0.1, 0.15) is 64.7 Å². The molecule has 8 nitrogen and oxygen atoms in total. The van der Waals surface area contributed by atoms with Crippen molar-refractivity contribution >= 4 is 20.2 Å². The zero-order valence-corrected chi connectivity index (χ0v) is 32.4. The second kappa shape index (κ2) is 14.3. The van der Waals surface area contributed by atoms with E-state index in [1.807, 2.05) is 62.5 Å². The standard InChI is InChI=1S/C42H53N5O3Si/c1-40(2,3)50-39(48)46-27-31(29-49-51(7,8)41(4,5)6)26-35(28-46)45-37-36-24-25-43-38(36)47(30-44-37)42(32-18-12-9-13-19-32,33-20-14-10-15-21-33)34-22-16-11-17-23-34/h9-25,30-31,35,45H,26-29H2,1-8H3/t31-,35+/m1/s1. The lowest BCUT2D eigenvalue weighted by molar-refractivity contribution is 0.0120. The van der Waals surface area contributed by atoms with E-state index in [0.717, 1.165) is 40.3 Å². The summed E-state index contributed by atoms with van der Waals surface area (Å²) >= 11 is 0. The first-order valence-electron chi connectivity index (χ1n) is 18.1. The number of amides is 1. The third kappa shape index (κ3) is 7.60. The Morgan fingerprint density at radius 2 is 1.35 bits per heavy atom. The highest BCUT2D eigenvalue weighted by Gasteiger charge is 2.42. The van der Waals surface area contributed by atoms with Crippen molar-refractivity contribution in [1.82, 2.24) is 19.4 Å². The Labute approximate surface area is 304 Å². The summed E-state index contributed by atoms with van der Waals surface area (Å²) in [4.78, 5) is 25.4. The van der Waals surface area contributed by atoms with Crippen LogP contribution in [-0.2, 0) is 14.7 Å². The van der Waals surface area contributed by atoms with Crippen LogP contribution in [0.2, 0.25) is 18.1 Å². The van der Waals surface area contributed by atoms with Gasteiger partial charge in [-0.2, -0.15) is 0 Å². The van der Waals surface area contributed by atoms with Crippen molar-refractivity contribution in [3.63, 3.8) is 0 Å². The molecule has 1 amide bonds. The van der Waals surface area contributed by atoms with E-state index in [1.165, 1.54) is 0 Å². The largest absolute Gasteiger partial charge is 0.444 e. The fraction of sp³-hybridized carbons (Fsp3) is 0.405. The lowest BCUT2D eigenvalue weighted by Gasteiger charge is -2.42. The molecule has 0 radical (unpaired) electrons. The lowest BCUT2D eigenvalue weighted by Crippen LogP contribution is -2.52. The number of ether oxygens (including phenoxy) is 1. The minimum atomic E-state index is -1.99. The molecule has 0 bridgehead atoms. The number of hydrogen-bond acceptors (Lipinski definition) is 6. The molecule has 0 aromatic heterocycles. The summed E-state index contributed by atoms with van der Waals surface area (Å²) < 4.78 is 14.8. The molecule has 1 saturated heterocycles. The van der Waals surface area contributed by atoms with Crippen molar-refractivity contribution < 1.29 is 14.0 Å². The van der Waals surface area contributed by atoms with E-state index in [1.54, 1.807) is 0 Å². The van der Waals surface area contributed by atoms with E-state index in [4.69, 9.17) is 19.1 Å². The first-order chi connectivity index (χ1) is 24.2. The molecule has 268 valence electrons. The van der Waals surface area contributed by atoms with E-state index in [-0.39, 0.29) is 23.1 Å². The van der Waals surface area contributed by atoms with Gasteiger partial charge >= 0.3 is 6.09 Å². The summed E-state index contributed by atoms with van der Waals surface area (Å²) in [5.41, 5.74) is 2.87. The Kier molecular flexibility index (Phi) is 10.2. The molecule has 2 atom stereocenters. The smallest absolute Gasteiger partial charge is 0.410 e. The number of piperidine rings is 1. The summed E-state index contributed by atoms with van der Waals surface area (Å²) in [6, 6.07) is 33.6. The molecule has 9 heteroatoms. The Morgan fingerprint density at radius 1 is 0.804 bits per heavy atom. The van der Waals surface area contributed by atoms with Gasteiger partial charge in [0.05, 0.1) is 11.9 Å². The first kappa shape index (κ1) is 36.3. The van der Waals surface area contributed by atoms with Crippen molar-refractivity contribution in [3.8, 4) is 11.4 Å². The average Bonchev–Trinajstić information content (AvgIpc) is 3.60. The number of hydrogen-bond donors (Lipinski definition) is 1. The van der Waals surface area contributed by atoms with E-state index in [0.29, 0.717) is 19.7 Å². The van der Waals surface area contributed by atoms with Gasteiger partial charge in [-0.15, -0.1) is 0 Å². The van der Waals surface area contributed by atoms with Gasteiger partial charge in [-0.3, -0.25) is 4.57 Å². The number of anilines is 1. The van der Waals surface area contributed by atoms with Crippen LogP contribution < -0.4 is 5.32 Å². The quantitative estimate of drug-likeness (QED) is 0.122. The molecule has 3 heterocycles. The number of nitrogens with one attached hydrogen (secondary N) is 1. The monoisotopic (exact) mass is 703 g/mol. The number of nitrogens with zero attached hydrogens (tertiary/aromatic N) is 4. The molecule has 51 heavy (non-hydrogen) atoms. The number of fused-ring (bicyclic) bond motifs is 1. The molecular formula is C42H53N5O3Si. The summed E-state index contributed by atoms with van der Waals surface area (Å²) in [5, 5.41) is 3.85. The fourth-order valence-electron chi connectivity index (χ4n) is 6.90. The van der Waals surface area contributed by atoms with Crippen LogP contribution in [0.5, 0.6) is 0 Å². The molecule has 1 fully saturated rings. The predicted molar refractivity (Wildman–Crippen MR) is 208 cm³/mol. The SMILES string of the molecule is CC(C)(C)OC(=O)N1C[C@H](CO[Si](C)(C)C(C)(C)C)C[C@H](Nc2ncn(C(c3ccccc3)(c3ccccc3)c3ccccc3)c3nccc2-3)C1. The van der Waals surface area contributed by atoms with Crippen LogP contribution in [0.15, 0.2) is 110 Å². The number of likely N-dealkylation sites (tertiary alicyclic amines) is 1. The maximum absolute atomic E-state index is 13.5. The Bertz CT molecular complexity index is 1770. The highest BCUT2D eigenvalue weighted by atomic mass is 28.4. The van der Waals surface area contributed by atoms with Crippen LogP contribution in [-0.4, -0.2) is 65.2 Å². The van der Waals surface area contributed by atoms with Crippen LogP contribution in [0, 0.1) is 5.92 Å². The Hall–Kier alpha value is -4.47.